The lowest BCUT2D eigenvalue weighted by molar-refractivity contribution is -0.120. The largest absolute Gasteiger partial charge is 0.353 e. The molecule has 1 N–H and O–H groups in total. The van der Waals surface area contributed by atoms with Crippen molar-refractivity contribution in [2.75, 3.05) is 12.9 Å². The van der Waals surface area contributed by atoms with Gasteiger partial charge in [-0.1, -0.05) is 44.1 Å². The number of nitrogens with zero attached hydrogens (tertiary/aromatic N) is 1. The Hall–Kier alpha value is -1.31. The molecule has 0 aliphatic heterocycles. The number of ketones is 1. The van der Waals surface area contributed by atoms with Gasteiger partial charge in [0.05, 0.1) is 29.8 Å². The third-order valence-corrected chi connectivity index (χ3v) is 9.43. The highest BCUT2D eigenvalue weighted by Gasteiger charge is 2.27. The lowest BCUT2D eigenvalue weighted by atomic mass is 9.84. The average molecular weight is 498 g/mol. The van der Waals surface area contributed by atoms with Crippen LogP contribution in [0, 0.1) is 5.92 Å². The fourth-order valence-corrected chi connectivity index (χ4v) is 7.09. The van der Waals surface area contributed by atoms with E-state index in [-0.39, 0.29) is 29.2 Å². The maximum Gasteiger partial charge on any atom is 0.175 e. The second kappa shape index (κ2) is 10.7. The van der Waals surface area contributed by atoms with E-state index in [1.807, 2.05) is 12.3 Å². The maximum atomic E-state index is 13.3. The first-order chi connectivity index (χ1) is 15.1. The Labute approximate surface area is 195 Å². The van der Waals surface area contributed by atoms with Gasteiger partial charge in [-0.25, -0.2) is 13.4 Å². The van der Waals surface area contributed by atoms with Crippen molar-refractivity contribution in [3.05, 3.63) is 45.9 Å². The summed E-state index contributed by atoms with van der Waals surface area (Å²) < 4.78 is 29.0. The normalized spacial score (nSPS) is 17.8. The highest BCUT2D eigenvalue weighted by Crippen LogP contribution is 2.45. The lowest BCUT2D eigenvalue weighted by Crippen LogP contribution is -2.18. The van der Waals surface area contributed by atoms with Crippen LogP contribution >= 0.6 is 18.7 Å². The van der Waals surface area contributed by atoms with Gasteiger partial charge in [-0.2, -0.15) is 0 Å². The Balaban J connectivity index is 1.76. The number of hydrogen-bond donors (Lipinski definition) is 1. The van der Waals surface area contributed by atoms with Crippen LogP contribution in [-0.4, -0.2) is 43.2 Å². The number of aromatic nitrogens is 1. The molecule has 1 unspecified atom stereocenters. The van der Waals surface area contributed by atoms with E-state index in [0.29, 0.717) is 23.2 Å². The zero-order valence-corrected chi connectivity index (χ0v) is 21.2. The molecule has 1 fully saturated rings. The number of benzene rings is 1. The van der Waals surface area contributed by atoms with Crippen LogP contribution in [0.2, 0.25) is 0 Å². The van der Waals surface area contributed by atoms with E-state index in [0.717, 1.165) is 24.8 Å². The van der Waals surface area contributed by atoms with Gasteiger partial charge in [0.25, 0.3) is 0 Å². The van der Waals surface area contributed by atoms with E-state index in [1.54, 1.807) is 24.3 Å². The zero-order valence-electron chi connectivity index (χ0n) is 18.7. The number of rotatable bonds is 11. The molecule has 0 bridgehead atoms. The summed E-state index contributed by atoms with van der Waals surface area (Å²) >= 11 is 1.41. The number of hydrogen-bond acceptors (Lipinski definition) is 7. The molecule has 9 heteroatoms. The molecule has 1 aromatic heterocycles. The van der Waals surface area contributed by atoms with Crippen LogP contribution in [-0.2, 0) is 31.7 Å². The van der Waals surface area contributed by atoms with Crippen molar-refractivity contribution < 1.29 is 22.6 Å². The standard InChI is InChI=1S/C23H32NO5PS2/c1-4-29-30(2,26)15-19-16-31-23(24-19)14-22(25)21(13-17-7-5-6-8-17)18-9-11-20(12-10-18)32(3,27)28/h9-12,16-17,21,26H,2,4-8,13-15H2,1,3H3/t21-,30?/m1/s1. The van der Waals surface area contributed by atoms with Crippen molar-refractivity contribution in [2.24, 2.45) is 5.92 Å². The van der Waals surface area contributed by atoms with Crippen molar-refractivity contribution in [3.63, 3.8) is 0 Å². The van der Waals surface area contributed by atoms with Crippen molar-refractivity contribution in [1.29, 1.82) is 0 Å². The number of sulfone groups is 1. The average Bonchev–Trinajstić information content (AvgIpc) is 3.37. The predicted octanol–water partition coefficient (Wildman–Crippen LogP) is 4.83. The van der Waals surface area contributed by atoms with Crippen LogP contribution in [0.15, 0.2) is 34.5 Å². The molecule has 0 radical (unpaired) electrons. The van der Waals surface area contributed by atoms with Crippen molar-refractivity contribution in [3.8, 4) is 0 Å². The Morgan fingerprint density at radius 3 is 2.56 bits per heavy atom. The van der Waals surface area contributed by atoms with E-state index < -0.39 is 17.2 Å². The lowest BCUT2D eigenvalue weighted by Gasteiger charge is -2.20. The van der Waals surface area contributed by atoms with E-state index in [9.17, 15) is 18.1 Å². The van der Waals surface area contributed by atoms with Gasteiger partial charge in [0.1, 0.15) is 18.1 Å². The second-order valence-electron chi connectivity index (χ2n) is 8.58. The summed E-state index contributed by atoms with van der Waals surface area (Å²) in [6.45, 7) is 2.21. The summed E-state index contributed by atoms with van der Waals surface area (Å²) in [6, 6.07) is 6.73. The summed E-state index contributed by atoms with van der Waals surface area (Å²) in [5.41, 5.74) is 1.56. The Bertz CT molecular complexity index is 1070. The first-order valence-electron chi connectivity index (χ1n) is 10.9. The summed E-state index contributed by atoms with van der Waals surface area (Å²) in [5.74, 6) is 0.330. The van der Waals surface area contributed by atoms with Crippen LogP contribution < -0.4 is 0 Å². The molecule has 1 aliphatic rings. The third kappa shape index (κ3) is 7.09. The SMILES string of the molecule is C=P(O)(Cc1csc(CC(=O)[C@H](CC2CCCC2)c2ccc(S(C)(=O)=O)cc2)n1)OCC. The highest BCUT2D eigenvalue weighted by atomic mass is 32.2. The third-order valence-electron chi connectivity index (χ3n) is 5.85. The topological polar surface area (TPSA) is 93.6 Å². The summed E-state index contributed by atoms with van der Waals surface area (Å²) in [5, 5.41) is 2.57. The van der Waals surface area contributed by atoms with Crippen molar-refractivity contribution in [1.82, 2.24) is 4.98 Å². The van der Waals surface area contributed by atoms with Crippen LogP contribution in [0.3, 0.4) is 0 Å². The summed E-state index contributed by atoms with van der Waals surface area (Å²) in [4.78, 5) is 28.4. The molecule has 1 heterocycles. The molecule has 3 rings (SSSR count). The molecule has 176 valence electrons. The van der Waals surface area contributed by atoms with Gasteiger partial charge in [0.2, 0.25) is 0 Å². The van der Waals surface area contributed by atoms with E-state index in [4.69, 9.17) is 4.52 Å². The summed E-state index contributed by atoms with van der Waals surface area (Å²) in [6.07, 6.45) is 10.9. The molecule has 6 nitrogen and oxygen atoms in total. The van der Waals surface area contributed by atoms with Crippen molar-refractivity contribution in [2.45, 2.75) is 62.4 Å². The molecule has 0 spiro atoms. The predicted molar refractivity (Wildman–Crippen MR) is 131 cm³/mol. The monoisotopic (exact) mass is 497 g/mol. The fraction of sp³-hybridized carbons (Fsp3) is 0.522. The van der Waals surface area contributed by atoms with E-state index in [2.05, 4.69) is 11.3 Å². The van der Waals surface area contributed by atoms with Crippen LogP contribution in [0.1, 0.15) is 61.2 Å². The fourth-order valence-electron chi connectivity index (χ4n) is 4.29. The van der Waals surface area contributed by atoms with Gasteiger partial charge >= 0.3 is 0 Å². The van der Waals surface area contributed by atoms with Gasteiger partial charge in [0.15, 0.2) is 9.84 Å². The minimum atomic E-state index is -3.28. The minimum Gasteiger partial charge on any atom is -0.353 e. The molecule has 0 amide bonds. The molecule has 2 atom stereocenters. The molecular weight excluding hydrogens is 465 g/mol. The van der Waals surface area contributed by atoms with Gasteiger partial charge < -0.3 is 9.42 Å². The number of thiazole rings is 1. The zero-order chi connectivity index (χ0) is 23.4. The quantitative estimate of drug-likeness (QED) is 0.447. The minimum absolute atomic E-state index is 0.0920. The molecule has 2 aromatic rings. The van der Waals surface area contributed by atoms with E-state index >= 15 is 0 Å². The van der Waals surface area contributed by atoms with Crippen LogP contribution in [0.25, 0.3) is 0 Å². The first-order valence-corrected chi connectivity index (χ1v) is 15.7. The Morgan fingerprint density at radius 2 is 1.97 bits per heavy atom. The Kier molecular flexibility index (Phi) is 8.50. The molecule has 32 heavy (non-hydrogen) atoms. The second-order valence-corrected chi connectivity index (χ2v) is 13.8. The van der Waals surface area contributed by atoms with Crippen molar-refractivity contribution >= 4 is 40.6 Å². The number of Topliss-reactive ketones (excluding diaryl/α,β-unsaturated/α-hetero) is 1. The van der Waals surface area contributed by atoms with Gasteiger partial charge in [-0.15, -0.1) is 11.3 Å². The van der Waals surface area contributed by atoms with Gasteiger partial charge in [-0.05, 0) is 37.0 Å². The summed E-state index contributed by atoms with van der Waals surface area (Å²) in [7, 11) is -6.01. The number of carbonyl (C=O) groups excluding carboxylic acids is 1. The smallest absolute Gasteiger partial charge is 0.175 e. The van der Waals surface area contributed by atoms with E-state index in [1.165, 1.54) is 30.4 Å². The molecule has 1 saturated carbocycles. The molecule has 1 aliphatic carbocycles. The molecule has 0 saturated heterocycles. The molecule has 1 aromatic carbocycles. The highest BCUT2D eigenvalue weighted by molar-refractivity contribution is 7.90. The van der Waals surface area contributed by atoms with Gasteiger partial charge in [0, 0.05) is 17.6 Å². The first kappa shape index (κ1) is 25.3. The van der Waals surface area contributed by atoms with Gasteiger partial charge in [-0.3, -0.25) is 4.79 Å². The Morgan fingerprint density at radius 1 is 1.31 bits per heavy atom. The molecular formula is C23H32NO5PS2. The number of carbonyl (C=O) groups is 1. The maximum absolute atomic E-state index is 13.3. The van der Waals surface area contributed by atoms with Crippen LogP contribution in [0.5, 0.6) is 0 Å². The van der Waals surface area contributed by atoms with Crippen LogP contribution in [0.4, 0.5) is 0 Å².